The molecule has 5 nitrogen and oxygen atoms in total. The Bertz CT molecular complexity index is 578. The molecule has 7 heteroatoms. The van der Waals surface area contributed by atoms with Crippen molar-refractivity contribution in [3.8, 4) is 0 Å². The van der Waals surface area contributed by atoms with Crippen molar-refractivity contribution in [2.75, 3.05) is 0 Å². The lowest BCUT2D eigenvalue weighted by Crippen LogP contribution is -2.19. The molecule has 17 heavy (non-hydrogen) atoms. The van der Waals surface area contributed by atoms with Gasteiger partial charge in [0.05, 0.1) is 0 Å². The van der Waals surface area contributed by atoms with Crippen LogP contribution in [0.2, 0.25) is 0 Å². The lowest BCUT2D eigenvalue weighted by molar-refractivity contribution is 0.534. The number of pyridine rings is 1. The molecule has 0 saturated carbocycles. The van der Waals surface area contributed by atoms with E-state index < -0.39 is 0 Å². The highest BCUT2D eigenvalue weighted by atomic mass is 79.9. The van der Waals surface area contributed by atoms with Gasteiger partial charge >= 0.3 is 5.69 Å². The Morgan fingerprint density at radius 2 is 2.29 bits per heavy atom. The Kier molecular flexibility index (Phi) is 3.68. The van der Waals surface area contributed by atoms with Crippen LogP contribution < -0.4 is 5.69 Å². The van der Waals surface area contributed by atoms with Gasteiger partial charge < -0.3 is 0 Å². The van der Waals surface area contributed by atoms with Crippen LogP contribution in [0.1, 0.15) is 19.9 Å². The van der Waals surface area contributed by atoms with Crippen LogP contribution in [0.25, 0.3) is 0 Å². The van der Waals surface area contributed by atoms with Gasteiger partial charge in [0, 0.05) is 27.8 Å². The molecule has 0 fully saturated rings. The summed E-state index contributed by atoms with van der Waals surface area (Å²) in [5.41, 5.74) is -0.187. The molecule has 2 aromatic rings. The van der Waals surface area contributed by atoms with E-state index in [1.54, 1.807) is 17.0 Å². The second-order valence-corrected chi connectivity index (χ2v) is 5.55. The van der Waals surface area contributed by atoms with Gasteiger partial charge in [0.2, 0.25) is 0 Å². The molecule has 1 N–H and O–H groups in total. The first kappa shape index (κ1) is 12.4. The van der Waals surface area contributed by atoms with E-state index in [-0.39, 0.29) is 11.7 Å². The normalized spacial score (nSPS) is 11.1. The molecule has 2 heterocycles. The maximum absolute atomic E-state index is 11.6. The first-order chi connectivity index (χ1) is 8.09. The Morgan fingerprint density at radius 1 is 1.53 bits per heavy atom. The molecule has 0 aliphatic heterocycles. The van der Waals surface area contributed by atoms with Crippen LogP contribution in [-0.4, -0.2) is 19.7 Å². The molecule has 2 aromatic heterocycles. The number of nitrogens with one attached hydrogen (secondary N) is 1. The zero-order chi connectivity index (χ0) is 12.4. The number of hydrogen-bond donors (Lipinski definition) is 1. The van der Waals surface area contributed by atoms with Crippen LogP contribution in [0.3, 0.4) is 0 Å². The van der Waals surface area contributed by atoms with Crippen molar-refractivity contribution in [3.63, 3.8) is 0 Å². The zero-order valence-corrected chi connectivity index (χ0v) is 11.7. The van der Waals surface area contributed by atoms with Gasteiger partial charge in [0.15, 0.2) is 5.16 Å². The van der Waals surface area contributed by atoms with Crippen molar-refractivity contribution in [1.29, 1.82) is 0 Å². The number of hydrogen-bond acceptors (Lipinski definition) is 4. The van der Waals surface area contributed by atoms with E-state index in [9.17, 15) is 4.79 Å². The second kappa shape index (κ2) is 5.05. The molecule has 0 amide bonds. The summed E-state index contributed by atoms with van der Waals surface area (Å²) in [6.07, 6.45) is 3.42. The average molecular weight is 315 g/mol. The maximum Gasteiger partial charge on any atom is 0.344 e. The lowest BCUT2D eigenvalue weighted by atomic mass is 10.4. The predicted octanol–water partition coefficient (Wildman–Crippen LogP) is 2.46. The average Bonchev–Trinajstić information content (AvgIpc) is 2.63. The van der Waals surface area contributed by atoms with Crippen molar-refractivity contribution < 1.29 is 0 Å². The lowest BCUT2D eigenvalue weighted by Gasteiger charge is -2.08. The molecule has 0 saturated heterocycles. The summed E-state index contributed by atoms with van der Waals surface area (Å²) in [7, 11) is 0. The monoisotopic (exact) mass is 314 g/mol. The summed E-state index contributed by atoms with van der Waals surface area (Å²) in [4.78, 5) is 16.5. The summed E-state index contributed by atoms with van der Waals surface area (Å²) in [5.74, 6) is 0. The minimum atomic E-state index is -0.187. The van der Waals surface area contributed by atoms with Crippen molar-refractivity contribution >= 4 is 27.7 Å². The van der Waals surface area contributed by atoms with E-state index in [4.69, 9.17) is 0 Å². The quantitative estimate of drug-likeness (QED) is 0.945. The molecule has 0 aromatic carbocycles. The number of aromatic nitrogens is 4. The largest absolute Gasteiger partial charge is 0.344 e. The number of aromatic amines is 1. The highest BCUT2D eigenvalue weighted by Crippen LogP contribution is 2.31. The van der Waals surface area contributed by atoms with Gasteiger partial charge in [-0.3, -0.25) is 9.55 Å². The van der Waals surface area contributed by atoms with Gasteiger partial charge in [-0.2, -0.15) is 0 Å². The van der Waals surface area contributed by atoms with E-state index in [1.165, 1.54) is 11.8 Å². The number of H-pyrrole nitrogens is 1. The van der Waals surface area contributed by atoms with E-state index in [1.807, 2.05) is 19.9 Å². The minimum absolute atomic E-state index is 0.0735. The molecule has 0 atom stereocenters. The molecule has 90 valence electrons. The topological polar surface area (TPSA) is 63.6 Å². The fourth-order valence-electron chi connectivity index (χ4n) is 1.36. The van der Waals surface area contributed by atoms with Crippen molar-refractivity contribution in [2.45, 2.75) is 29.9 Å². The van der Waals surface area contributed by atoms with Crippen LogP contribution in [0, 0.1) is 0 Å². The molecule has 0 radical (unpaired) electrons. The van der Waals surface area contributed by atoms with Crippen LogP contribution in [0.4, 0.5) is 0 Å². The molecular formula is C10H11BrN4OS. The van der Waals surface area contributed by atoms with Gasteiger partial charge in [-0.05, 0) is 47.6 Å². The van der Waals surface area contributed by atoms with Crippen LogP contribution >= 0.6 is 27.7 Å². The van der Waals surface area contributed by atoms with Crippen LogP contribution in [0.5, 0.6) is 0 Å². The molecule has 0 spiro atoms. The second-order valence-electron chi connectivity index (χ2n) is 3.68. The first-order valence-electron chi connectivity index (χ1n) is 5.04. The number of rotatable bonds is 3. The summed E-state index contributed by atoms with van der Waals surface area (Å²) in [5, 5.41) is 7.13. The summed E-state index contributed by atoms with van der Waals surface area (Å²) >= 11 is 4.84. The molecule has 0 unspecified atom stereocenters. The van der Waals surface area contributed by atoms with Crippen LogP contribution in [-0.2, 0) is 0 Å². The Balaban J connectivity index is 2.37. The first-order valence-corrected chi connectivity index (χ1v) is 6.65. The third-order valence-electron chi connectivity index (χ3n) is 2.12. The predicted molar refractivity (Wildman–Crippen MR) is 69.3 cm³/mol. The van der Waals surface area contributed by atoms with Gasteiger partial charge in [0.25, 0.3) is 0 Å². The highest BCUT2D eigenvalue weighted by Gasteiger charge is 2.13. The number of halogens is 1. The van der Waals surface area contributed by atoms with Gasteiger partial charge in [-0.1, -0.05) is 0 Å². The SMILES string of the molecule is CC(C)n1c(Sc2ccncc2Br)n[nH]c1=O. The minimum Gasteiger partial charge on any atom is -0.267 e. The Labute approximate surface area is 111 Å². The molecule has 0 bridgehead atoms. The fraction of sp³-hybridized carbons (Fsp3) is 0.300. The molecular weight excluding hydrogens is 304 g/mol. The zero-order valence-electron chi connectivity index (χ0n) is 9.35. The van der Waals surface area contributed by atoms with Crippen molar-refractivity contribution in [3.05, 3.63) is 33.4 Å². The third kappa shape index (κ3) is 2.61. The molecule has 0 aliphatic rings. The van der Waals surface area contributed by atoms with Gasteiger partial charge in [0.1, 0.15) is 0 Å². The van der Waals surface area contributed by atoms with E-state index in [0.29, 0.717) is 5.16 Å². The molecule has 2 rings (SSSR count). The van der Waals surface area contributed by atoms with E-state index in [2.05, 4.69) is 31.1 Å². The maximum atomic E-state index is 11.6. The Hall–Kier alpha value is -1.08. The van der Waals surface area contributed by atoms with Gasteiger partial charge in [-0.25, -0.2) is 9.89 Å². The third-order valence-corrected chi connectivity index (χ3v) is 4.07. The summed E-state index contributed by atoms with van der Waals surface area (Å²) in [6.45, 7) is 3.89. The summed E-state index contributed by atoms with van der Waals surface area (Å²) in [6, 6.07) is 1.95. The van der Waals surface area contributed by atoms with Crippen molar-refractivity contribution in [2.24, 2.45) is 0 Å². The number of nitrogens with zero attached hydrogens (tertiary/aromatic N) is 3. The molecule has 0 aliphatic carbocycles. The van der Waals surface area contributed by atoms with Gasteiger partial charge in [-0.15, -0.1) is 5.10 Å². The van der Waals surface area contributed by atoms with E-state index in [0.717, 1.165) is 9.37 Å². The highest BCUT2D eigenvalue weighted by molar-refractivity contribution is 9.10. The summed E-state index contributed by atoms with van der Waals surface area (Å²) < 4.78 is 2.51. The Morgan fingerprint density at radius 3 is 2.94 bits per heavy atom. The van der Waals surface area contributed by atoms with E-state index >= 15 is 0 Å². The fourth-order valence-corrected chi connectivity index (χ4v) is 2.81. The van der Waals surface area contributed by atoms with Crippen LogP contribution in [0.15, 0.2) is 37.8 Å². The smallest absolute Gasteiger partial charge is 0.267 e. The van der Waals surface area contributed by atoms with Crippen molar-refractivity contribution in [1.82, 2.24) is 19.7 Å². The standard InChI is InChI=1S/C10H11BrN4OS/c1-6(2)15-9(16)13-14-10(15)17-8-3-4-12-5-7(8)11/h3-6H,1-2H3,(H,13,16).